The van der Waals surface area contributed by atoms with Crippen molar-refractivity contribution in [3.8, 4) is 11.3 Å². The number of carbonyl (C=O) groups excluding carboxylic acids is 1. The quantitative estimate of drug-likeness (QED) is 0.713. The zero-order valence-electron chi connectivity index (χ0n) is 16.5. The van der Waals surface area contributed by atoms with Gasteiger partial charge in [-0.1, -0.05) is 42.5 Å². The van der Waals surface area contributed by atoms with Crippen molar-refractivity contribution in [2.45, 2.75) is 39.8 Å². The first-order valence-corrected chi connectivity index (χ1v) is 9.44. The van der Waals surface area contributed by atoms with Crippen LogP contribution in [0, 0.1) is 13.8 Å². The van der Waals surface area contributed by atoms with E-state index in [-0.39, 0.29) is 30.5 Å². The van der Waals surface area contributed by atoms with Crippen molar-refractivity contribution in [2.75, 3.05) is 0 Å². The van der Waals surface area contributed by atoms with Gasteiger partial charge < -0.3 is 5.32 Å². The number of carbonyl (C=O) groups is 1. The van der Waals surface area contributed by atoms with Crippen LogP contribution in [0.5, 0.6) is 0 Å². The second-order valence-corrected chi connectivity index (χ2v) is 7.03. The molecule has 0 saturated carbocycles. The molecule has 1 atom stereocenters. The first-order valence-electron chi connectivity index (χ1n) is 9.44. The van der Waals surface area contributed by atoms with Gasteiger partial charge in [0.2, 0.25) is 5.91 Å². The molecule has 5 heteroatoms. The maximum absolute atomic E-state index is 12.3. The van der Waals surface area contributed by atoms with Crippen molar-refractivity contribution in [3.05, 3.63) is 87.7 Å². The van der Waals surface area contributed by atoms with Crippen molar-refractivity contribution < 1.29 is 4.79 Å². The molecule has 0 unspecified atom stereocenters. The van der Waals surface area contributed by atoms with Gasteiger partial charge in [-0.2, -0.15) is 5.10 Å². The molecule has 0 fully saturated rings. The first kappa shape index (κ1) is 19.5. The number of aryl methyl sites for hydroxylation is 3. The monoisotopic (exact) mass is 375 g/mol. The summed E-state index contributed by atoms with van der Waals surface area (Å²) in [7, 11) is 0. The lowest BCUT2D eigenvalue weighted by atomic mass is 10.0. The summed E-state index contributed by atoms with van der Waals surface area (Å²) < 4.78 is 1.36. The van der Waals surface area contributed by atoms with E-state index < -0.39 is 0 Å². The van der Waals surface area contributed by atoms with Gasteiger partial charge in [-0.3, -0.25) is 9.59 Å². The molecular weight excluding hydrogens is 350 g/mol. The summed E-state index contributed by atoms with van der Waals surface area (Å²) in [4.78, 5) is 24.4. The topological polar surface area (TPSA) is 64.0 Å². The van der Waals surface area contributed by atoms with Crippen molar-refractivity contribution in [2.24, 2.45) is 0 Å². The molecule has 3 rings (SSSR count). The highest BCUT2D eigenvalue weighted by molar-refractivity contribution is 5.76. The minimum atomic E-state index is -0.212. The average Bonchev–Trinajstić information content (AvgIpc) is 2.70. The van der Waals surface area contributed by atoms with Crippen LogP contribution in [-0.4, -0.2) is 15.7 Å². The van der Waals surface area contributed by atoms with Crippen LogP contribution in [0.15, 0.2) is 65.5 Å². The molecular formula is C23H25N3O2. The number of hydrogen-bond donors (Lipinski definition) is 1. The van der Waals surface area contributed by atoms with Crippen LogP contribution in [0.2, 0.25) is 0 Å². The summed E-state index contributed by atoms with van der Waals surface area (Å²) in [6, 6.07) is 19.0. The Morgan fingerprint density at radius 2 is 1.79 bits per heavy atom. The van der Waals surface area contributed by atoms with E-state index in [9.17, 15) is 9.59 Å². The molecule has 1 N–H and O–H groups in total. The van der Waals surface area contributed by atoms with Crippen molar-refractivity contribution in [3.63, 3.8) is 0 Å². The lowest BCUT2D eigenvalue weighted by Crippen LogP contribution is -2.30. The Hall–Kier alpha value is -3.21. The molecule has 1 amide bonds. The van der Waals surface area contributed by atoms with Gasteiger partial charge in [-0.05, 0) is 49.6 Å². The number of hydrogen-bond acceptors (Lipinski definition) is 3. The fourth-order valence-electron chi connectivity index (χ4n) is 3.01. The fourth-order valence-corrected chi connectivity index (χ4v) is 3.01. The molecule has 0 spiro atoms. The highest BCUT2D eigenvalue weighted by atomic mass is 16.2. The second-order valence-electron chi connectivity index (χ2n) is 7.03. The molecule has 0 aliphatic rings. The minimum absolute atomic E-state index is 0.0831. The van der Waals surface area contributed by atoms with Crippen molar-refractivity contribution >= 4 is 5.91 Å². The summed E-state index contributed by atoms with van der Waals surface area (Å²) in [6.07, 6.45) is 0.195. The standard InChI is InChI=1S/C23H25N3O2/c1-16-9-10-20(15-17(16)2)21-11-12-23(28)26(25-21)14-13-22(27)24-18(3)19-7-5-4-6-8-19/h4-12,15,18H,13-14H2,1-3H3,(H,24,27)/t18-/m0/s1. The molecule has 28 heavy (non-hydrogen) atoms. The van der Waals surface area contributed by atoms with Gasteiger partial charge in [-0.15, -0.1) is 0 Å². The second kappa shape index (κ2) is 8.65. The third-order valence-corrected chi connectivity index (χ3v) is 4.90. The van der Waals surface area contributed by atoms with Gasteiger partial charge in [0, 0.05) is 18.1 Å². The van der Waals surface area contributed by atoms with Gasteiger partial charge in [-0.25, -0.2) is 4.68 Å². The van der Waals surface area contributed by atoms with Crippen LogP contribution < -0.4 is 10.9 Å². The van der Waals surface area contributed by atoms with Crippen LogP contribution in [0.1, 0.15) is 36.1 Å². The van der Waals surface area contributed by atoms with E-state index in [4.69, 9.17) is 0 Å². The summed E-state index contributed by atoms with van der Waals surface area (Å²) in [5.74, 6) is -0.110. The maximum Gasteiger partial charge on any atom is 0.266 e. The van der Waals surface area contributed by atoms with Gasteiger partial charge in [0.25, 0.3) is 5.56 Å². The van der Waals surface area contributed by atoms with Gasteiger partial charge in [0.05, 0.1) is 18.3 Å². The Labute approximate surface area is 165 Å². The van der Waals surface area contributed by atoms with E-state index in [1.54, 1.807) is 6.07 Å². The predicted molar refractivity (Wildman–Crippen MR) is 111 cm³/mol. The average molecular weight is 375 g/mol. The van der Waals surface area contributed by atoms with E-state index in [2.05, 4.69) is 23.4 Å². The van der Waals surface area contributed by atoms with E-state index in [0.29, 0.717) is 0 Å². The molecule has 0 radical (unpaired) electrons. The number of aromatic nitrogens is 2. The molecule has 2 aromatic carbocycles. The van der Waals surface area contributed by atoms with E-state index >= 15 is 0 Å². The number of nitrogens with one attached hydrogen (secondary N) is 1. The van der Waals surface area contributed by atoms with E-state index in [1.165, 1.54) is 21.9 Å². The smallest absolute Gasteiger partial charge is 0.266 e. The minimum Gasteiger partial charge on any atom is -0.350 e. The zero-order chi connectivity index (χ0) is 20.1. The van der Waals surface area contributed by atoms with Gasteiger partial charge >= 0.3 is 0 Å². The Morgan fingerprint density at radius 1 is 1.04 bits per heavy atom. The van der Waals surface area contributed by atoms with Crippen LogP contribution in [-0.2, 0) is 11.3 Å². The van der Waals surface area contributed by atoms with Crippen LogP contribution in [0.25, 0.3) is 11.3 Å². The lowest BCUT2D eigenvalue weighted by Gasteiger charge is -2.14. The number of rotatable bonds is 6. The summed E-state index contributed by atoms with van der Waals surface area (Å²) in [6.45, 7) is 6.29. The number of benzene rings is 2. The number of nitrogens with zero attached hydrogens (tertiary/aromatic N) is 2. The zero-order valence-corrected chi connectivity index (χ0v) is 16.5. The predicted octanol–water partition coefficient (Wildman–Crippen LogP) is 3.79. The van der Waals surface area contributed by atoms with Crippen molar-refractivity contribution in [1.29, 1.82) is 0 Å². The SMILES string of the molecule is Cc1ccc(-c2ccc(=O)n(CCC(=O)N[C@@H](C)c3ccccc3)n2)cc1C. The normalized spacial score (nSPS) is 11.8. The first-order chi connectivity index (χ1) is 13.4. The highest BCUT2D eigenvalue weighted by Gasteiger charge is 2.11. The Balaban J connectivity index is 1.68. The molecule has 1 heterocycles. The van der Waals surface area contributed by atoms with E-state index in [0.717, 1.165) is 16.8 Å². The lowest BCUT2D eigenvalue weighted by molar-refractivity contribution is -0.122. The molecule has 0 aliphatic carbocycles. The molecule has 0 aliphatic heterocycles. The van der Waals surface area contributed by atoms with Crippen molar-refractivity contribution in [1.82, 2.24) is 15.1 Å². The third kappa shape index (κ3) is 4.74. The largest absolute Gasteiger partial charge is 0.350 e. The van der Waals surface area contributed by atoms with Crippen LogP contribution in [0.3, 0.4) is 0 Å². The summed E-state index contributed by atoms with van der Waals surface area (Å²) >= 11 is 0. The summed E-state index contributed by atoms with van der Waals surface area (Å²) in [5, 5.41) is 7.41. The van der Waals surface area contributed by atoms with Crippen LogP contribution in [0.4, 0.5) is 0 Å². The molecule has 144 valence electrons. The molecule has 3 aromatic rings. The van der Waals surface area contributed by atoms with Gasteiger partial charge in [0.1, 0.15) is 0 Å². The Kier molecular flexibility index (Phi) is 6.04. The van der Waals surface area contributed by atoms with E-state index in [1.807, 2.05) is 56.3 Å². The van der Waals surface area contributed by atoms with Crippen LogP contribution >= 0.6 is 0 Å². The Bertz CT molecular complexity index is 1030. The summed E-state index contributed by atoms with van der Waals surface area (Å²) in [5.41, 5.74) is 4.90. The fraction of sp³-hybridized carbons (Fsp3) is 0.261. The molecule has 0 bridgehead atoms. The molecule has 0 saturated heterocycles. The van der Waals surface area contributed by atoms with Gasteiger partial charge in [0.15, 0.2) is 0 Å². The molecule has 5 nitrogen and oxygen atoms in total. The maximum atomic E-state index is 12.3. The Morgan fingerprint density at radius 3 is 2.50 bits per heavy atom. The molecule has 1 aromatic heterocycles. The third-order valence-electron chi connectivity index (χ3n) is 4.90. The highest BCUT2D eigenvalue weighted by Crippen LogP contribution is 2.19. The number of amides is 1.